The van der Waals surface area contributed by atoms with Gasteiger partial charge in [0, 0.05) is 17.3 Å². The molecular weight excluding hydrogens is 193 g/mol. The molecule has 2 rings (SSSR count). The average molecular weight is 203 g/mol. The Hall–Kier alpha value is -1.74. The van der Waals surface area contributed by atoms with E-state index in [1.165, 1.54) is 12.3 Å². The van der Waals surface area contributed by atoms with Crippen molar-refractivity contribution in [1.29, 1.82) is 0 Å². The van der Waals surface area contributed by atoms with Crippen molar-refractivity contribution in [1.82, 2.24) is 4.98 Å². The summed E-state index contributed by atoms with van der Waals surface area (Å²) in [4.78, 5) is 3.97. The van der Waals surface area contributed by atoms with Crippen LogP contribution in [0.4, 0.5) is 4.39 Å². The van der Waals surface area contributed by atoms with Gasteiger partial charge in [-0.2, -0.15) is 0 Å². The highest BCUT2D eigenvalue weighted by atomic mass is 19.1. The van der Waals surface area contributed by atoms with E-state index in [9.17, 15) is 4.39 Å². The lowest BCUT2D eigenvalue weighted by Crippen LogP contribution is -1.95. The number of rotatable bonds is 2. The minimum absolute atomic E-state index is 0.267. The molecule has 76 valence electrons. The van der Waals surface area contributed by atoms with E-state index in [2.05, 4.69) is 4.98 Å². The minimum atomic E-state index is -0.453. The Morgan fingerprint density at radius 1 is 1.13 bits per heavy atom. The molecule has 1 aromatic carbocycles. The van der Waals surface area contributed by atoms with Gasteiger partial charge >= 0.3 is 0 Å². The zero-order valence-electron chi connectivity index (χ0n) is 8.02. The van der Waals surface area contributed by atoms with Crippen LogP contribution in [0.3, 0.4) is 0 Å². The van der Waals surface area contributed by atoms with Gasteiger partial charge in [-0.25, -0.2) is 4.39 Å². The van der Waals surface area contributed by atoms with Gasteiger partial charge in [0.05, 0.1) is 6.61 Å². The third kappa shape index (κ3) is 1.87. The van der Waals surface area contributed by atoms with Crippen LogP contribution in [0.15, 0.2) is 42.6 Å². The molecule has 0 amide bonds. The molecule has 1 N–H and O–H groups in total. The molecule has 3 heteroatoms. The zero-order chi connectivity index (χ0) is 10.7. The van der Waals surface area contributed by atoms with Gasteiger partial charge in [-0.05, 0) is 6.07 Å². The van der Waals surface area contributed by atoms with E-state index in [0.717, 1.165) is 0 Å². The lowest BCUT2D eigenvalue weighted by molar-refractivity contribution is 0.275. The number of halogens is 1. The third-order valence-corrected chi connectivity index (χ3v) is 2.19. The fourth-order valence-corrected chi connectivity index (χ4v) is 1.40. The van der Waals surface area contributed by atoms with Crippen LogP contribution in [-0.4, -0.2) is 10.1 Å². The van der Waals surface area contributed by atoms with E-state index < -0.39 is 5.82 Å². The van der Waals surface area contributed by atoms with E-state index in [4.69, 9.17) is 5.11 Å². The maximum absolute atomic E-state index is 13.7. The van der Waals surface area contributed by atoms with Crippen LogP contribution in [0, 0.1) is 5.82 Å². The maximum Gasteiger partial charge on any atom is 0.154 e. The second kappa shape index (κ2) is 4.19. The molecule has 0 radical (unpaired) electrons. The van der Waals surface area contributed by atoms with Crippen LogP contribution in [0.25, 0.3) is 11.3 Å². The first-order chi connectivity index (χ1) is 7.33. The number of pyridine rings is 1. The quantitative estimate of drug-likeness (QED) is 0.812. The Kier molecular flexibility index (Phi) is 2.74. The van der Waals surface area contributed by atoms with Crippen LogP contribution in [0.2, 0.25) is 0 Å². The number of aliphatic hydroxyl groups is 1. The number of aliphatic hydroxyl groups excluding tert-OH is 1. The lowest BCUT2D eigenvalue weighted by Gasteiger charge is -2.05. The molecule has 0 fully saturated rings. The molecule has 0 saturated carbocycles. The van der Waals surface area contributed by atoms with Crippen LogP contribution in [0.5, 0.6) is 0 Å². The highest BCUT2D eigenvalue weighted by Gasteiger charge is 2.09. The van der Waals surface area contributed by atoms with Gasteiger partial charge < -0.3 is 5.11 Å². The topological polar surface area (TPSA) is 33.1 Å². The molecule has 1 heterocycles. The van der Waals surface area contributed by atoms with Gasteiger partial charge in [0.1, 0.15) is 5.69 Å². The first kappa shape index (κ1) is 9.80. The van der Waals surface area contributed by atoms with Crippen molar-refractivity contribution in [3.05, 3.63) is 54.0 Å². The number of aromatic nitrogens is 1. The molecule has 0 aliphatic carbocycles. The Morgan fingerprint density at radius 3 is 2.53 bits per heavy atom. The van der Waals surface area contributed by atoms with E-state index in [1.807, 2.05) is 18.2 Å². The number of benzene rings is 1. The van der Waals surface area contributed by atoms with Gasteiger partial charge in [0.25, 0.3) is 0 Å². The number of nitrogens with zero attached hydrogens (tertiary/aromatic N) is 1. The standard InChI is InChI=1S/C12H10FNO/c13-11-10(8-15)6-7-14-12(11)9-4-2-1-3-5-9/h1-7,15H,8H2. The van der Waals surface area contributed by atoms with Crippen molar-refractivity contribution in [2.45, 2.75) is 6.61 Å². The molecule has 0 atom stereocenters. The molecule has 0 bridgehead atoms. The summed E-state index contributed by atoms with van der Waals surface area (Å²) >= 11 is 0. The number of hydrogen-bond acceptors (Lipinski definition) is 2. The Bertz CT molecular complexity index is 456. The molecule has 0 aliphatic rings. The highest BCUT2D eigenvalue weighted by molar-refractivity contribution is 5.60. The molecule has 0 unspecified atom stereocenters. The summed E-state index contributed by atoms with van der Waals surface area (Å²) in [6.07, 6.45) is 1.50. The van der Waals surface area contributed by atoms with Gasteiger partial charge in [-0.1, -0.05) is 30.3 Å². The fraction of sp³-hybridized carbons (Fsp3) is 0.0833. The zero-order valence-corrected chi connectivity index (χ0v) is 8.02. The Balaban J connectivity index is 2.54. The molecule has 1 aromatic heterocycles. The number of hydrogen-bond donors (Lipinski definition) is 1. The predicted molar refractivity (Wildman–Crippen MR) is 55.6 cm³/mol. The van der Waals surface area contributed by atoms with Crippen molar-refractivity contribution in [3.63, 3.8) is 0 Å². The average Bonchev–Trinajstić information content (AvgIpc) is 2.30. The Morgan fingerprint density at radius 2 is 1.87 bits per heavy atom. The molecule has 0 aliphatic heterocycles. The van der Waals surface area contributed by atoms with Gasteiger partial charge in [-0.15, -0.1) is 0 Å². The first-order valence-electron chi connectivity index (χ1n) is 4.62. The molecule has 0 saturated heterocycles. The molecular formula is C12H10FNO. The summed E-state index contributed by atoms with van der Waals surface area (Å²) < 4.78 is 13.7. The summed E-state index contributed by atoms with van der Waals surface area (Å²) in [6.45, 7) is -0.311. The minimum Gasteiger partial charge on any atom is -0.392 e. The van der Waals surface area contributed by atoms with Gasteiger partial charge in [0.15, 0.2) is 5.82 Å². The van der Waals surface area contributed by atoms with Gasteiger partial charge in [0.2, 0.25) is 0 Å². The molecule has 15 heavy (non-hydrogen) atoms. The van der Waals surface area contributed by atoms with Crippen molar-refractivity contribution >= 4 is 0 Å². The van der Waals surface area contributed by atoms with Crippen molar-refractivity contribution < 1.29 is 9.50 Å². The van der Waals surface area contributed by atoms with Crippen LogP contribution in [-0.2, 0) is 6.61 Å². The van der Waals surface area contributed by atoms with Crippen molar-refractivity contribution in [2.75, 3.05) is 0 Å². The molecule has 0 spiro atoms. The summed E-state index contributed by atoms with van der Waals surface area (Å²) in [7, 11) is 0. The van der Waals surface area contributed by atoms with Crippen molar-refractivity contribution in [2.24, 2.45) is 0 Å². The van der Waals surface area contributed by atoms with E-state index in [0.29, 0.717) is 5.56 Å². The largest absolute Gasteiger partial charge is 0.392 e. The van der Waals surface area contributed by atoms with Crippen molar-refractivity contribution in [3.8, 4) is 11.3 Å². The second-order valence-corrected chi connectivity index (χ2v) is 3.16. The smallest absolute Gasteiger partial charge is 0.154 e. The van der Waals surface area contributed by atoms with Crippen LogP contribution in [0.1, 0.15) is 5.56 Å². The second-order valence-electron chi connectivity index (χ2n) is 3.16. The fourth-order valence-electron chi connectivity index (χ4n) is 1.40. The van der Waals surface area contributed by atoms with Gasteiger partial charge in [-0.3, -0.25) is 4.98 Å². The van der Waals surface area contributed by atoms with Crippen LogP contribution >= 0.6 is 0 Å². The SMILES string of the molecule is OCc1ccnc(-c2ccccc2)c1F. The normalized spacial score (nSPS) is 10.3. The maximum atomic E-state index is 13.7. The summed E-state index contributed by atoms with van der Waals surface area (Å²) in [5, 5.41) is 8.92. The van der Waals surface area contributed by atoms with Crippen LogP contribution < -0.4 is 0 Å². The van der Waals surface area contributed by atoms with E-state index in [-0.39, 0.29) is 17.9 Å². The van der Waals surface area contributed by atoms with E-state index >= 15 is 0 Å². The first-order valence-corrected chi connectivity index (χ1v) is 4.62. The summed E-state index contributed by atoms with van der Waals surface area (Å²) in [5.74, 6) is -0.453. The highest BCUT2D eigenvalue weighted by Crippen LogP contribution is 2.21. The Labute approximate surface area is 87.0 Å². The summed E-state index contributed by atoms with van der Waals surface area (Å²) in [6, 6.07) is 10.5. The van der Waals surface area contributed by atoms with E-state index in [1.54, 1.807) is 12.1 Å². The third-order valence-electron chi connectivity index (χ3n) is 2.19. The molecule has 2 nitrogen and oxygen atoms in total. The molecule has 2 aromatic rings. The lowest BCUT2D eigenvalue weighted by atomic mass is 10.1. The summed E-state index contributed by atoms with van der Waals surface area (Å²) in [5.41, 5.74) is 1.26. The predicted octanol–water partition coefficient (Wildman–Crippen LogP) is 2.38. The monoisotopic (exact) mass is 203 g/mol.